The number of hydrogen-bond acceptors (Lipinski definition) is 3. The van der Waals surface area contributed by atoms with Gasteiger partial charge in [0.25, 0.3) is 5.56 Å². The highest BCUT2D eigenvalue weighted by atomic mass is 35.5. The van der Waals surface area contributed by atoms with Crippen molar-refractivity contribution in [3.8, 4) is 0 Å². The summed E-state index contributed by atoms with van der Waals surface area (Å²) >= 11 is 6.17. The second-order valence-electron chi connectivity index (χ2n) is 6.06. The summed E-state index contributed by atoms with van der Waals surface area (Å²) in [6.07, 6.45) is 1.21. The molecule has 2 N–H and O–H groups in total. The van der Waals surface area contributed by atoms with Crippen LogP contribution in [0.1, 0.15) is 21.5 Å². The molecule has 1 aromatic heterocycles. The number of hydrogen-bond donors (Lipinski definition) is 2. The molecule has 0 amide bonds. The summed E-state index contributed by atoms with van der Waals surface area (Å²) in [7, 11) is 0. The predicted molar refractivity (Wildman–Crippen MR) is 103 cm³/mol. The summed E-state index contributed by atoms with van der Waals surface area (Å²) < 4.78 is 15.4. The van der Waals surface area contributed by atoms with E-state index in [0.717, 1.165) is 5.56 Å². The van der Waals surface area contributed by atoms with E-state index in [4.69, 9.17) is 11.6 Å². The zero-order chi connectivity index (χ0) is 19.6. The summed E-state index contributed by atoms with van der Waals surface area (Å²) in [5.74, 6) is -1.86. The van der Waals surface area contributed by atoms with Crippen LogP contribution in [0.5, 0.6) is 0 Å². The average Bonchev–Trinajstić information content (AvgIpc) is 2.63. The SMILES string of the molecule is Cc1ccc(Nc2c(C(=O)O)cn(Cc3ccccc3)c(=O)c2Cl)c(F)c1. The first kappa shape index (κ1) is 18.7. The van der Waals surface area contributed by atoms with Crippen molar-refractivity contribution in [1.82, 2.24) is 4.57 Å². The van der Waals surface area contributed by atoms with Crippen molar-refractivity contribution >= 4 is 28.9 Å². The molecule has 0 aliphatic carbocycles. The number of carboxylic acid groups (broad SMARTS) is 1. The number of carboxylic acids is 1. The normalized spacial score (nSPS) is 10.6. The van der Waals surface area contributed by atoms with Crippen molar-refractivity contribution in [1.29, 1.82) is 0 Å². The highest BCUT2D eigenvalue weighted by molar-refractivity contribution is 6.34. The second-order valence-corrected chi connectivity index (χ2v) is 6.44. The lowest BCUT2D eigenvalue weighted by Crippen LogP contribution is -2.24. The molecular formula is C20H16ClFN2O3. The fraction of sp³-hybridized carbons (Fsp3) is 0.100. The molecule has 27 heavy (non-hydrogen) atoms. The molecule has 0 spiro atoms. The molecule has 0 bridgehead atoms. The smallest absolute Gasteiger partial charge is 0.339 e. The van der Waals surface area contributed by atoms with Crippen LogP contribution in [-0.2, 0) is 6.54 Å². The number of halogens is 2. The summed E-state index contributed by atoms with van der Waals surface area (Å²) in [5.41, 5.74) is 0.626. The quantitative estimate of drug-likeness (QED) is 0.680. The van der Waals surface area contributed by atoms with Gasteiger partial charge in [-0.05, 0) is 30.2 Å². The summed E-state index contributed by atoms with van der Waals surface area (Å²) in [5, 5.41) is 11.9. The number of nitrogens with zero attached hydrogens (tertiary/aromatic N) is 1. The van der Waals surface area contributed by atoms with Crippen LogP contribution in [0.3, 0.4) is 0 Å². The first-order valence-corrected chi connectivity index (χ1v) is 8.48. The maximum atomic E-state index is 14.1. The van der Waals surface area contributed by atoms with Crippen LogP contribution < -0.4 is 10.9 Å². The third kappa shape index (κ3) is 4.01. The number of benzene rings is 2. The first-order chi connectivity index (χ1) is 12.9. The molecule has 0 radical (unpaired) electrons. The third-order valence-electron chi connectivity index (χ3n) is 4.03. The molecule has 5 nitrogen and oxygen atoms in total. The van der Waals surface area contributed by atoms with E-state index in [-0.39, 0.29) is 28.5 Å². The first-order valence-electron chi connectivity index (χ1n) is 8.10. The van der Waals surface area contributed by atoms with E-state index in [1.165, 1.54) is 22.9 Å². The van der Waals surface area contributed by atoms with Crippen LogP contribution in [0.4, 0.5) is 15.8 Å². The number of pyridine rings is 1. The van der Waals surface area contributed by atoms with E-state index in [1.807, 2.05) is 30.3 Å². The highest BCUT2D eigenvalue weighted by Crippen LogP contribution is 2.28. The number of carbonyl (C=O) groups is 1. The van der Waals surface area contributed by atoms with Crippen molar-refractivity contribution in [3.63, 3.8) is 0 Å². The van der Waals surface area contributed by atoms with Gasteiger partial charge in [0, 0.05) is 6.20 Å². The third-order valence-corrected chi connectivity index (χ3v) is 4.38. The zero-order valence-corrected chi connectivity index (χ0v) is 15.1. The van der Waals surface area contributed by atoms with Crippen molar-refractivity contribution in [2.45, 2.75) is 13.5 Å². The predicted octanol–water partition coefficient (Wildman–Crippen LogP) is 4.44. The molecule has 0 fully saturated rings. The fourth-order valence-electron chi connectivity index (χ4n) is 2.67. The number of anilines is 2. The highest BCUT2D eigenvalue weighted by Gasteiger charge is 2.20. The Hall–Kier alpha value is -3.12. The van der Waals surface area contributed by atoms with Gasteiger partial charge in [0.2, 0.25) is 0 Å². The van der Waals surface area contributed by atoms with Gasteiger partial charge in [-0.25, -0.2) is 9.18 Å². The molecule has 0 atom stereocenters. The number of aromatic nitrogens is 1. The molecule has 3 aromatic rings. The molecule has 0 saturated heterocycles. The van der Waals surface area contributed by atoms with Crippen molar-refractivity contribution < 1.29 is 14.3 Å². The molecule has 0 aliphatic rings. The summed E-state index contributed by atoms with van der Waals surface area (Å²) in [4.78, 5) is 24.3. The van der Waals surface area contributed by atoms with Crippen LogP contribution in [0, 0.1) is 12.7 Å². The van der Waals surface area contributed by atoms with Crippen LogP contribution in [-0.4, -0.2) is 15.6 Å². The zero-order valence-electron chi connectivity index (χ0n) is 14.4. The standard InChI is InChI=1S/C20H16ClFN2O3/c1-12-7-8-16(15(22)9-12)23-18-14(20(26)27)11-24(19(25)17(18)21)10-13-5-3-2-4-6-13/h2-9,11,23H,10H2,1H3,(H,26,27). The second kappa shape index (κ2) is 7.63. The van der Waals surface area contributed by atoms with Gasteiger partial charge in [-0.2, -0.15) is 0 Å². The van der Waals surface area contributed by atoms with Crippen LogP contribution >= 0.6 is 11.6 Å². The number of nitrogens with one attached hydrogen (secondary N) is 1. The Morgan fingerprint density at radius 1 is 1.22 bits per heavy atom. The van der Waals surface area contributed by atoms with Crippen LogP contribution in [0.25, 0.3) is 0 Å². The number of aryl methyl sites for hydroxylation is 1. The van der Waals surface area contributed by atoms with Crippen molar-refractivity contribution in [2.75, 3.05) is 5.32 Å². The van der Waals surface area contributed by atoms with Gasteiger partial charge in [-0.15, -0.1) is 0 Å². The van der Waals surface area contributed by atoms with E-state index < -0.39 is 17.3 Å². The van der Waals surface area contributed by atoms with E-state index in [2.05, 4.69) is 5.32 Å². The fourth-order valence-corrected chi connectivity index (χ4v) is 2.93. The lowest BCUT2D eigenvalue weighted by molar-refractivity contribution is 0.0697. The molecule has 1 heterocycles. The number of aromatic carboxylic acids is 1. The Morgan fingerprint density at radius 3 is 2.56 bits per heavy atom. The van der Waals surface area contributed by atoms with E-state index >= 15 is 0 Å². The van der Waals surface area contributed by atoms with Gasteiger partial charge in [0.15, 0.2) is 0 Å². The van der Waals surface area contributed by atoms with Gasteiger partial charge < -0.3 is 15.0 Å². The molecule has 0 unspecified atom stereocenters. The lowest BCUT2D eigenvalue weighted by atomic mass is 10.1. The minimum absolute atomic E-state index is 0.0326. The Labute approximate surface area is 159 Å². The Bertz CT molecular complexity index is 1060. The lowest BCUT2D eigenvalue weighted by Gasteiger charge is -2.15. The van der Waals surface area contributed by atoms with Gasteiger partial charge >= 0.3 is 5.97 Å². The van der Waals surface area contributed by atoms with Gasteiger partial charge in [-0.1, -0.05) is 48.0 Å². The van der Waals surface area contributed by atoms with E-state index in [0.29, 0.717) is 5.56 Å². The minimum Gasteiger partial charge on any atom is -0.478 e. The van der Waals surface area contributed by atoms with E-state index in [1.54, 1.807) is 13.0 Å². The molecule has 7 heteroatoms. The maximum Gasteiger partial charge on any atom is 0.339 e. The van der Waals surface area contributed by atoms with Crippen LogP contribution in [0.2, 0.25) is 5.02 Å². The Kier molecular flexibility index (Phi) is 5.28. The summed E-state index contributed by atoms with van der Waals surface area (Å²) in [6, 6.07) is 13.5. The molecule has 2 aromatic carbocycles. The van der Waals surface area contributed by atoms with Crippen molar-refractivity contribution in [3.05, 3.63) is 92.6 Å². The Balaban J connectivity index is 2.07. The van der Waals surface area contributed by atoms with Crippen LogP contribution in [0.15, 0.2) is 59.5 Å². The molecule has 0 saturated carbocycles. The maximum absolute atomic E-state index is 14.1. The van der Waals surface area contributed by atoms with Crippen molar-refractivity contribution in [2.24, 2.45) is 0 Å². The molecular weight excluding hydrogens is 371 g/mol. The molecule has 138 valence electrons. The minimum atomic E-state index is -1.28. The Morgan fingerprint density at radius 2 is 1.93 bits per heavy atom. The van der Waals surface area contributed by atoms with Gasteiger partial charge in [-0.3, -0.25) is 4.79 Å². The summed E-state index contributed by atoms with van der Waals surface area (Å²) in [6.45, 7) is 1.89. The van der Waals surface area contributed by atoms with Gasteiger partial charge in [0.1, 0.15) is 16.4 Å². The average molecular weight is 387 g/mol. The monoisotopic (exact) mass is 386 g/mol. The number of rotatable bonds is 5. The largest absolute Gasteiger partial charge is 0.478 e. The molecule has 3 rings (SSSR count). The molecule has 0 aliphatic heterocycles. The van der Waals surface area contributed by atoms with Gasteiger partial charge in [0.05, 0.1) is 17.9 Å². The van der Waals surface area contributed by atoms with E-state index in [9.17, 15) is 19.1 Å². The topological polar surface area (TPSA) is 71.3 Å².